The summed E-state index contributed by atoms with van der Waals surface area (Å²) in [6.07, 6.45) is 3.33. The molecule has 6 atom stereocenters. The summed E-state index contributed by atoms with van der Waals surface area (Å²) < 4.78 is 71.8. The number of likely N-dealkylation sites (tertiary alicyclic amines) is 1. The van der Waals surface area contributed by atoms with E-state index in [-0.39, 0.29) is 37.2 Å². The molecule has 0 spiro atoms. The molecule has 2 aliphatic rings. The van der Waals surface area contributed by atoms with Crippen molar-refractivity contribution in [3.63, 3.8) is 0 Å². The minimum absolute atomic E-state index is 0.0137. The number of fused-ring (bicyclic) bond motifs is 1. The lowest BCUT2D eigenvalue weighted by Gasteiger charge is -2.33. The minimum Gasteiger partial charge on any atom is -0.438 e. The zero-order valence-corrected chi connectivity index (χ0v) is 40.8. The molecule has 19 heteroatoms. The summed E-state index contributed by atoms with van der Waals surface area (Å²) in [6.45, 7) is 12.7. The molecular formula is C48H67F2N4O12P. The highest BCUT2D eigenvalue weighted by molar-refractivity contribution is 7.54. The third kappa shape index (κ3) is 15.2. The van der Waals surface area contributed by atoms with E-state index in [1.807, 2.05) is 37.3 Å². The van der Waals surface area contributed by atoms with E-state index in [0.717, 1.165) is 30.5 Å². The predicted octanol–water partition coefficient (Wildman–Crippen LogP) is 7.34. The van der Waals surface area contributed by atoms with Gasteiger partial charge in [0.25, 0.3) is 0 Å². The first kappa shape index (κ1) is 54.6. The average molecular weight is 961 g/mol. The van der Waals surface area contributed by atoms with Gasteiger partial charge in [0.05, 0.1) is 29.6 Å². The van der Waals surface area contributed by atoms with Crippen LogP contribution in [0.15, 0.2) is 60.7 Å². The molecule has 4 N–H and O–H groups in total. The molecule has 1 saturated heterocycles. The van der Waals surface area contributed by atoms with Crippen molar-refractivity contribution < 1.29 is 65.4 Å². The Kier molecular flexibility index (Phi) is 19.0. The number of hydrogen-bond donors (Lipinski definition) is 3. The van der Waals surface area contributed by atoms with Crippen LogP contribution < -0.4 is 16.4 Å². The van der Waals surface area contributed by atoms with Crippen molar-refractivity contribution in [1.82, 2.24) is 15.5 Å². The number of nitrogens with zero attached hydrogens (tertiary/aromatic N) is 1. The van der Waals surface area contributed by atoms with Gasteiger partial charge in [0.1, 0.15) is 12.1 Å². The molecule has 2 aromatic rings. The van der Waals surface area contributed by atoms with E-state index in [1.165, 1.54) is 64.7 Å². The molecule has 1 heterocycles. The summed E-state index contributed by atoms with van der Waals surface area (Å²) >= 11 is 0. The highest BCUT2D eigenvalue weighted by Gasteiger charge is 2.58. The Morgan fingerprint density at radius 3 is 2.00 bits per heavy atom. The first-order chi connectivity index (χ1) is 31.3. The Labute approximate surface area is 391 Å². The van der Waals surface area contributed by atoms with Gasteiger partial charge in [-0.2, -0.15) is 8.78 Å². The van der Waals surface area contributed by atoms with E-state index in [0.29, 0.717) is 30.5 Å². The number of primary amides is 1. The van der Waals surface area contributed by atoms with Crippen molar-refractivity contribution in [2.45, 2.75) is 137 Å². The molecule has 2 fully saturated rings. The predicted molar refractivity (Wildman–Crippen MR) is 244 cm³/mol. The third-order valence-corrected chi connectivity index (χ3v) is 13.4. The number of hydrogen-bond acceptors (Lipinski definition) is 12. The number of rotatable bonds is 24. The first-order valence-electron chi connectivity index (χ1n) is 22.5. The van der Waals surface area contributed by atoms with Crippen molar-refractivity contribution in [2.75, 3.05) is 20.1 Å². The second-order valence-electron chi connectivity index (χ2n) is 19.2. The fourth-order valence-electron chi connectivity index (χ4n) is 7.32. The summed E-state index contributed by atoms with van der Waals surface area (Å²) in [5.41, 5.74) is -0.168. The number of nitrogens with two attached hydrogens (primary N) is 1. The maximum Gasteiger partial charge on any atom is 0.410 e. The minimum atomic E-state index is -5.56. The number of carbonyl (C=O) groups excluding carboxylic acids is 6. The normalized spacial score (nSPS) is 18.8. The van der Waals surface area contributed by atoms with Gasteiger partial charge in [0, 0.05) is 24.6 Å². The lowest BCUT2D eigenvalue weighted by atomic mass is 9.98. The maximum absolute atomic E-state index is 16.1. The van der Waals surface area contributed by atoms with E-state index in [4.69, 9.17) is 29.0 Å². The van der Waals surface area contributed by atoms with Crippen molar-refractivity contribution >= 4 is 48.7 Å². The van der Waals surface area contributed by atoms with Gasteiger partial charge in [-0.25, -0.2) is 0 Å². The highest BCUT2D eigenvalue weighted by Crippen LogP contribution is 2.67. The number of allylic oxidation sites excluding steroid dienone is 1. The Bertz CT molecular complexity index is 2110. The summed E-state index contributed by atoms with van der Waals surface area (Å²) in [5.74, 6) is -3.54. The Morgan fingerprint density at radius 1 is 0.881 bits per heavy atom. The van der Waals surface area contributed by atoms with Crippen molar-refractivity contribution in [3.05, 3.63) is 77.4 Å². The molecule has 1 saturated carbocycles. The smallest absolute Gasteiger partial charge is 0.410 e. The molecule has 1 unspecified atom stereocenters. The number of amides is 4. The van der Waals surface area contributed by atoms with Gasteiger partial charge in [0.15, 0.2) is 0 Å². The zero-order chi connectivity index (χ0) is 49.9. The molecule has 4 rings (SSSR count). The van der Waals surface area contributed by atoms with Crippen molar-refractivity contribution in [3.8, 4) is 0 Å². The van der Waals surface area contributed by atoms with Crippen LogP contribution in [0.1, 0.15) is 118 Å². The maximum atomic E-state index is 16.1. The topological polar surface area (TPSA) is 219 Å². The molecule has 16 nitrogen and oxygen atoms in total. The number of halogens is 2. The number of nitrogens with one attached hydrogen (secondary N) is 2. The number of piperidine rings is 1. The van der Waals surface area contributed by atoms with E-state index in [9.17, 15) is 33.3 Å². The lowest BCUT2D eigenvalue weighted by molar-refractivity contribution is -0.163. The fraction of sp³-hybridized carbons (Fsp3) is 0.583. The number of esters is 2. The van der Waals surface area contributed by atoms with Gasteiger partial charge in [-0.1, -0.05) is 74.4 Å². The second kappa shape index (κ2) is 23.3. The molecule has 0 aromatic heterocycles. The Balaban J connectivity index is 1.47. The van der Waals surface area contributed by atoms with Crippen molar-refractivity contribution in [2.24, 2.45) is 28.4 Å². The van der Waals surface area contributed by atoms with E-state index in [2.05, 4.69) is 10.6 Å². The number of carbonyl (C=O) groups is 6. The van der Waals surface area contributed by atoms with Gasteiger partial charge >= 0.3 is 25.2 Å². The number of benzene rings is 2. The highest BCUT2D eigenvalue weighted by atomic mass is 31.2. The van der Waals surface area contributed by atoms with Crippen LogP contribution in [0.2, 0.25) is 0 Å². The van der Waals surface area contributed by atoms with Crippen LogP contribution in [0.3, 0.4) is 0 Å². The summed E-state index contributed by atoms with van der Waals surface area (Å²) in [5, 5.41) is 5.84. The molecule has 370 valence electrons. The van der Waals surface area contributed by atoms with Gasteiger partial charge in [-0.15, -0.1) is 0 Å². The quantitative estimate of drug-likeness (QED) is 0.0408. The molecule has 0 radical (unpaired) electrons. The summed E-state index contributed by atoms with van der Waals surface area (Å²) in [6, 6.07) is 11.6. The number of alkyl halides is 2. The first-order valence-corrected chi connectivity index (χ1v) is 24.1. The number of unbranched alkanes of at least 4 members (excludes halogenated alkanes) is 1. The Morgan fingerprint density at radius 2 is 1.46 bits per heavy atom. The molecule has 1 aliphatic heterocycles. The number of ether oxygens (including phenoxy) is 3. The second-order valence-corrected chi connectivity index (χ2v) is 21.3. The molecule has 4 amide bonds. The van der Waals surface area contributed by atoms with E-state index < -0.39 is 97.1 Å². The molecule has 1 aliphatic carbocycles. The standard InChI is InChI=1S/C48H67F2N4O12P/c1-10-11-17-38(43(58)54-26-34-25-36(34)41(54)42(57)53-37(22-23-39(51)55)31(3)62-27-32-15-13-12-14-16-32)52-40(56)24-30(2)33-18-20-35(21-19-33)48(49,50)67(61,65-28-63-44(59)46(4,5)6)66-29-64-45(60)47(7,8)9/h12-16,18-21,24,31,34,36-38,41H,10-11,17,22-23,25-29H2,1-9H3,(H2,51,55)(H,52,56)(H,53,57)/b30-24+/t31?,34-,36-,37+,38+,41+/m1/s1. The van der Waals surface area contributed by atoms with Gasteiger partial charge in [0.2, 0.25) is 37.2 Å². The van der Waals surface area contributed by atoms with Crippen LogP contribution in [-0.4, -0.2) is 84.8 Å². The van der Waals surface area contributed by atoms with Gasteiger partial charge < -0.3 is 35.5 Å². The SMILES string of the molecule is CCCC[C@H](NC(=O)/C=C(\C)c1ccc(C(F)(F)P(=O)(OCOC(=O)C(C)(C)C)OCOC(=O)C(C)(C)C)cc1)C(=O)N1C[C@H]2C[C@H]2[C@H]1C(=O)N[C@@H](CCC(N)=O)C(C)OCc1ccccc1. The monoisotopic (exact) mass is 960 g/mol. The Hall–Kier alpha value is -5.03. The molecule has 2 aromatic carbocycles. The lowest BCUT2D eigenvalue weighted by Crippen LogP contribution is -2.57. The third-order valence-electron chi connectivity index (χ3n) is 11.5. The van der Waals surface area contributed by atoms with Crippen LogP contribution in [0.5, 0.6) is 0 Å². The fourth-order valence-corrected chi connectivity index (χ4v) is 8.57. The van der Waals surface area contributed by atoms with Crippen molar-refractivity contribution in [1.29, 1.82) is 0 Å². The largest absolute Gasteiger partial charge is 0.438 e. The van der Waals surface area contributed by atoms with Crippen LogP contribution in [0.4, 0.5) is 8.78 Å². The van der Waals surface area contributed by atoms with E-state index in [1.54, 1.807) is 13.8 Å². The summed E-state index contributed by atoms with van der Waals surface area (Å²) in [7, 11) is -5.56. The van der Waals surface area contributed by atoms with Crippen LogP contribution in [0, 0.1) is 22.7 Å². The van der Waals surface area contributed by atoms with Gasteiger partial charge in [-0.05, 0) is 103 Å². The van der Waals surface area contributed by atoms with Crippen LogP contribution in [0.25, 0.3) is 5.57 Å². The van der Waals surface area contributed by atoms with Gasteiger partial charge in [-0.3, -0.25) is 42.4 Å². The molecular weight excluding hydrogens is 894 g/mol. The van der Waals surface area contributed by atoms with Crippen LogP contribution in [-0.2, 0) is 68.9 Å². The summed E-state index contributed by atoms with van der Waals surface area (Å²) in [4.78, 5) is 79.7. The molecule has 0 bridgehead atoms. The molecule has 67 heavy (non-hydrogen) atoms. The average Bonchev–Trinajstić information content (AvgIpc) is 3.92. The van der Waals surface area contributed by atoms with Crippen LogP contribution >= 0.6 is 7.60 Å². The zero-order valence-electron chi connectivity index (χ0n) is 39.9. The van der Waals surface area contributed by atoms with E-state index >= 15 is 8.78 Å².